The number of rotatable bonds is 13. The maximum absolute atomic E-state index is 12.8. The smallest absolute Gasteiger partial charge is 0.338 e. The van der Waals surface area contributed by atoms with Gasteiger partial charge in [-0.2, -0.15) is 0 Å². The van der Waals surface area contributed by atoms with Crippen LogP contribution in [0.3, 0.4) is 0 Å². The second-order valence-corrected chi connectivity index (χ2v) is 11.3. The molecule has 0 aliphatic heterocycles. The fraction of sp³-hybridized carbons (Fsp3) is 0.278. The molecule has 0 aromatic heterocycles. The van der Waals surface area contributed by atoms with Crippen molar-refractivity contribution in [2.24, 2.45) is 5.41 Å². The molecule has 0 saturated carbocycles. The van der Waals surface area contributed by atoms with Crippen molar-refractivity contribution in [2.75, 3.05) is 26.4 Å². The summed E-state index contributed by atoms with van der Waals surface area (Å²) in [6, 6.07) is 19.7. The van der Waals surface area contributed by atoms with Crippen LogP contribution in [-0.2, 0) is 28.6 Å². The van der Waals surface area contributed by atoms with Crippen LogP contribution >= 0.6 is 0 Å². The van der Waals surface area contributed by atoms with Crippen LogP contribution in [0.5, 0.6) is 11.5 Å². The summed E-state index contributed by atoms with van der Waals surface area (Å²) in [7, 11) is 0. The van der Waals surface area contributed by atoms with Crippen LogP contribution in [0.25, 0.3) is 22.3 Å². The fourth-order valence-electron chi connectivity index (χ4n) is 3.74. The second-order valence-electron chi connectivity index (χ2n) is 11.3. The summed E-state index contributed by atoms with van der Waals surface area (Å²) in [6.07, 6.45) is 0. The van der Waals surface area contributed by atoms with E-state index < -0.39 is 29.3 Å². The molecule has 0 aliphatic rings. The van der Waals surface area contributed by atoms with Crippen LogP contribution in [0, 0.1) is 5.41 Å². The quantitative estimate of drug-likeness (QED) is 0.0678. The third-order valence-corrected chi connectivity index (χ3v) is 6.24. The van der Waals surface area contributed by atoms with E-state index in [9.17, 15) is 19.2 Å². The van der Waals surface area contributed by atoms with Gasteiger partial charge in [0.1, 0.15) is 37.9 Å². The van der Waals surface area contributed by atoms with E-state index in [1.54, 1.807) is 65.0 Å². The van der Waals surface area contributed by atoms with E-state index in [0.717, 1.165) is 16.7 Å². The number of hydrogen-bond acceptors (Lipinski definition) is 9. The lowest BCUT2D eigenvalue weighted by Crippen LogP contribution is -2.25. The Hall–Kier alpha value is -5.18. The lowest BCUT2D eigenvalue weighted by Gasteiger charge is -2.16. The Morgan fingerprint density at radius 1 is 0.644 bits per heavy atom. The van der Waals surface area contributed by atoms with Gasteiger partial charge in [-0.05, 0) is 81.6 Å². The molecule has 0 amide bonds. The zero-order valence-electron chi connectivity index (χ0n) is 26.3. The molecule has 0 N–H and O–H groups in total. The number of esters is 4. The van der Waals surface area contributed by atoms with Crippen molar-refractivity contribution >= 4 is 23.9 Å². The van der Waals surface area contributed by atoms with E-state index >= 15 is 0 Å². The maximum atomic E-state index is 12.8. The van der Waals surface area contributed by atoms with Gasteiger partial charge in [-0.15, -0.1) is 0 Å². The first kappa shape index (κ1) is 34.3. The molecule has 0 aliphatic carbocycles. The van der Waals surface area contributed by atoms with Gasteiger partial charge in [0.05, 0.1) is 11.0 Å². The summed E-state index contributed by atoms with van der Waals surface area (Å²) in [5.74, 6) is -1.21. The van der Waals surface area contributed by atoms with E-state index in [1.165, 1.54) is 0 Å². The summed E-state index contributed by atoms with van der Waals surface area (Å²) in [6.45, 7) is 15.3. The summed E-state index contributed by atoms with van der Waals surface area (Å²) in [5, 5.41) is 0. The molecule has 0 heterocycles. The lowest BCUT2D eigenvalue weighted by molar-refractivity contribution is -0.154. The highest BCUT2D eigenvalue weighted by Crippen LogP contribution is 2.33. The molecule has 236 valence electrons. The van der Waals surface area contributed by atoms with Crippen LogP contribution in [0.2, 0.25) is 0 Å². The first-order chi connectivity index (χ1) is 21.3. The van der Waals surface area contributed by atoms with Crippen LogP contribution in [0.1, 0.15) is 45.0 Å². The molecule has 3 aromatic rings. The van der Waals surface area contributed by atoms with Gasteiger partial charge in [0.2, 0.25) is 0 Å². The summed E-state index contributed by atoms with van der Waals surface area (Å²) >= 11 is 0. The average Bonchev–Trinajstić information content (AvgIpc) is 3.00. The minimum absolute atomic E-state index is 0.0183. The minimum Gasteiger partial charge on any atom is -0.489 e. The van der Waals surface area contributed by atoms with E-state index in [4.69, 9.17) is 23.7 Å². The Bertz CT molecular complexity index is 1560. The van der Waals surface area contributed by atoms with Crippen molar-refractivity contribution in [1.82, 2.24) is 0 Å². The van der Waals surface area contributed by atoms with E-state index in [1.807, 2.05) is 36.4 Å². The fourth-order valence-corrected chi connectivity index (χ4v) is 3.74. The monoisotopic (exact) mass is 614 g/mol. The molecule has 0 fully saturated rings. The summed E-state index contributed by atoms with van der Waals surface area (Å²) in [5.41, 5.74) is 3.52. The van der Waals surface area contributed by atoms with Crippen LogP contribution in [-0.4, -0.2) is 50.3 Å². The minimum atomic E-state index is -0.658. The third kappa shape index (κ3) is 10.2. The summed E-state index contributed by atoms with van der Waals surface area (Å²) in [4.78, 5) is 48.2. The third-order valence-electron chi connectivity index (χ3n) is 6.24. The topological polar surface area (TPSA) is 114 Å². The SMILES string of the molecule is C=C(C)C(=O)OCCOc1cc(C(=O)OCCOC(=O)C(C)(C)C)ccc1-c1ccc(-c2ccc(OC(=O)C(=C)C)cc2)cc1. The predicted molar refractivity (Wildman–Crippen MR) is 170 cm³/mol. The Balaban J connectivity index is 1.76. The predicted octanol–water partition coefficient (Wildman–Crippen LogP) is 6.75. The van der Waals surface area contributed by atoms with E-state index in [0.29, 0.717) is 22.6 Å². The van der Waals surface area contributed by atoms with Gasteiger partial charge >= 0.3 is 23.9 Å². The van der Waals surface area contributed by atoms with Crippen molar-refractivity contribution in [1.29, 1.82) is 0 Å². The maximum Gasteiger partial charge on any atom is 0.338 e. The van der Waals surface area contributed by atoms with Crippen molar-refractivity contribution in [3.63, 3.8) is 0 Å². The highest BCUT2D eigenvalue weighted by molar-refractivity contribution is 5.91. The average molecular weight is 615 g/mol. The van der Waals surface area contributed by atoms with Crippen molar-refractivity contribution in [3.8, 4) is 33.8 Å². The van der Waals surface area contributed by atoms with Gasteiger partial charge in [0.15, 0.2) is 0 Å². The van der Waals surface area contributed by atoms with Crippen molar-refractivity contribution in [2.45, 2.75) is 34.6 Å². The van der Waals surface area contributed by atoms with Gasteiger partial charge < -0.3 is 23.7 Å². The molecule has 9 heteroatoms. The molecule has 0 saturated heterocycles. The summed E-state index contributed by atoms with van der Waals surface area (Å²) < 4.78 is 26.8. The zero-order chi connectivity index (χ0) is 33.1. The first-order valence-corrected chi connectivity index (χ1v) is 14.3. The van der Waals surface area contributed by atoms with Gasteiger partial charge in [0, 0.05) is 16.7 Å². The lowest BCUT2D eigenvalue weighted by atomic mass is 9.97. The van der Waals surface area contributed by atoms with Crippen LogP contribution in [0.15, 0.2) is 91.0 Å². The van der Waals surface area contributed by atoms with Crippen molar-refractivity contribution in [3.05, 3.63) is 96.6 Å². The van der Waals surface area contributed by atoms with Gasteiger partial charge in [-0.1, -0.05) is 49.6 Å². The Morgan fingerprint density at radius 3 is 1.76 bits per heavy atom. The standard InChI is InChI=1S/C36H38O9/c1-23(2)32(37)42-19-18-41-31-22-28(34(39)43-20-21-44-35(40)36(5,6)7)14-17-30(31)27-10-8-25(9-11-27)26-12-15-29(16-13-26)45-33(38)24(3)4/h8-17,22H,1,3,18-21H2,2,4-7H3. The highest BCUT2D eigenvalue weighted by atomic mass is 16.6. The molecule has 0 atom stereocenters. The molecule has 0 bridgehead atoms. The zero-order valence-corrected chi connectivity index (χ0v) is 26.3. The van der Waals surface area contributed by atoms with Crippen LogP contribution in [0.4, 0.5) is 0 Å². The normalized spacial score (nSPS) is 10.8. The number of hydrogen-bond donors (Lipinski definition) is 0. The molecular weight excluding hydrogens is 576 g/mol. The van der Waals surface area contributed by atoms with E-state index in [2.05, 4.69) is 13.2 Å². The number of carbonyl (C=O) groups excluding carboxylic acids is 4. The molecule has 0 spiro atoms. The molecule has 0 unspecified atom stereocenters. The van der Waals surface area contributed by atoms with E-state index in [-0.39, 0.29) is 37.6 Å². The molecule has 9 nitrogen and oxygen atoms in total. The number of benzene rings is 3. The molecular formula is C36H38O9. The number of ether oxygens (including phenoxy) is 5. The Kier molecular flexibility index (Phi) is 11.8. The van der Waals surface area contributed by atoms with Gasteiger partial charge in [-0.3, -0.25) is 4.79 Å². The second kappa shape index (κ2) is 15.5. The molecule has 45 heavy (non-hydrogen) atoms. The molecule has 3 rings (SSSR count). The van der Waals surface area contributed by atoms with Gasteiger partial charge in [0.25, 0.3) is 0 Å². The highest BCUT2D eigenvalue weighted by Gasteiger charge is 2.23. The van der Waals surface area contributed by atoms with Crippen LogP contribution < -0.4 is 9.47 Å². The Morgan fingerprint density at radius 2 is 1.18 bits per heavy atom. The Labute approximate surface area is 263 Å². The molecule has 0 radical (unpaired) electrons. The van der Waals surface area contributed by atoms with Crippen molar-refractivity contribution < 1.29 is 42.9 Å². The first-order valence-electron chi connectivity index (χ1n) is 14.3. The number of carbonyl (C=O) groups is 4. The van der Waals surface area contributed by atoms with Gasteiger partial charge in [-0.25, -0.2) is 14.4 Å². The molecule has 3 aromatic carbocycles. The largest absolute Gasteiger partial charge is 0.489 e.